The molecule has 0 saturated carbocycles. The van der Waals surface area contributed by atoms with Crippen LogP contribution in [0.15, 0.2) is 12.1 Å². The third-order valence-electron chi connectivity index (χ3n) is 2.13. The van der Waals surface area contributed by atoms with Crippen molar-refractivity contribution < 1.29 is 14.9 Å². The van der Waals surface area contributed by atoms with Crippen LogP contribution in [0.3, 0.4) is 0 Å². The maximum Gasteiger partial charge on any atom is 0.140 e. The number of methoxy groups -OCH3 is 1. The van der Waals surface area contributed by atoms with Crippen molar-refractivity contribution in [3.63, 3.8) is 0 Å². The summed E-state index contributed by atoms with van der Waals surface area (Å²) >= 11 is 0. The molecule has 0 aliphatic carbocycles. The Hall–Kier alpha value is -1.73. The molecule has 1 aromatic rings. The van der Waals surface area contributed by atoms with Crippen LogP contribution in [0.1, 0.15) is 17.5 Å². The first kappa shape index (κ1) is 11.3. The van der Waals surface area contributed by atoms with Crippen LogP contribution in [-0.4, -0.2) is 23.9 Å². The molecule has 0 bridgehead atoms. The Labute approximate surface area is 88.4 Å². The van der Waals surface area contributed by atoms with Crippen molar-refractivity contribution in [1.29, 1.82) is 5.26 Å². The predicted octanol–water partition coefficient (Wildman–Crippen LogP) is 1.20. The van der Waals surface area contributed by atoms with Gasteiger partial charge in [0.2, 0.25) is 0 Å². The standard InChI is InChI=1S/C11H13NO3/c1-15-11-6-10(14)8(3-2-4-13)5-9(11)7-12/h5-6,13-14H,2-4H2,1H3. The second-order valence-electron chi connectivity index (χ2n) is 3.12. The number of aliphatic hydroxyl groups excluding tert-OH is 1. The number of rotatable bonds is 4. The van der Waals surface area contributed by atoms with Gasteiger partial charge in [0.1, 0.15) is 17.6 Å². The van der Waals surface area contributed by atoms with Crippen LogP contribution in [0.4, 0.5) is 0 Å². The van der Waals surface area contributed by atoms with Crippen LogP contribution in [0, 0.1) is 11.3 Å². The van der Waals surface area contributed by atoms with E-state index in [4.69, 9.17) is 15.1 Å². The van der Waals surface area contributed by atoms with Gasteiger partial charge in [-0.15, -0.1) is 0 Å². The van der Waals surface area contributed by atoms with E-state index in [1.54, 1.807) is 6.07 Å². The van der Waals surface area contributed by atoms with Crippen LogP contribution >= 0.6 is 0 Å². The smallest absolute Gasteiger partial charge is 0.140 e. The van der Waals surface area contributed by atoms with Gasteiger partial charge in [-0.05, 0) is 24.5 Å². The Morgan fingerprint density at radius 1 is 1.47 bits per heavy atom. The average molecular weight is 207 g/mol. The van der Waals surface area contributed by atoms with Gasteiger partial charge in [0.15, 0.2) is 0 Å². The molecule has 0 spiro atoms. The summed E-state index contributed by atoms with van der Waals surface area (Å²) in [5.41, 5.74) is 1.05. The first-order valence-electron chi connectivity index (χ1n) is 4.63. The highest BCUT2D eigenvalue weighted by Crippen LogP contribution is 2.28. The molecule has 4 nitrogen and oxygen atoms in total. The zero-order valence-electron chi connectivity index (χ0n) is 8.53. The first-order chi connectivity index (χ1) is 7.22. The number of phenols is 1. The van der Waals surface area contributed by atoms with Crippen molar-refractivity contribution in [2.75, 3.05) is 13.7 Å². The van der Waals surface area contributed by atoms with E-state index >= 15 is 0 Å². The molecule has 0 aliphatic rings. The van der Waals surface area contributed by atoms with E-state index in [0.29, 0.717) is 29.7 Å². The highest BCUT2D eigenvalue weighted by molar-refractivity contribution is 5.51. The number of aromatic hydroxyl groups is 1. The van der Waals surface area contributed by atoms with Crippen LogP contribution in [0.25, 0.3) is 0 Å². The third kappa shape index (κ3) is 2.61. The van der Waals surface area contributed by atoms with Crippen LogP contribution < -0.4 is 4.74 Å². The van der Waals surface area contributed by atoms with Crippen molar-refractivity contribution in [2.24, 2.45) is 0 Å². The molecule has 0 heterocycles. The lowest BCUT2D eigenvalue weighted by atomic mass is 10.0. The molecule has 0 fully saturated rings. The molecular formula is C11H13NO3. The third-order valence-corrected chi connectivity index (χ3v) is 2.13. The minimum atomic E-state index is 0.0629. The molecule has 2 N–H and O–H groups in total. The maximum absolute atomic E-state index is 9.60. The first-order valence-corrected chi connectivity index (χ1v) is 4.63. The van der Waals surface area contributed by atoms with Gasteiger partial charge in [0, 0.05) is 12.7 Å². The van der Waals surface area contributed by atoms with Crippen molar-refractivity contribution >= 4 is 0 Å². The summed E-state index contributed by atoms with van der Waals surface area (Å²) in [5, 5.41) is 27.1. The second-order valence-corrected chi connectivity index (χ2v) is 3.12. The Kier molecular flexibility index (Phi) is 3.95. The minimum Gasteiger partial charge on any atom is -0.508 e. The number of hydrogen-bond acceptors (Lipinski definition) is 4. The van der Waals surface area contributed by atoms with E-state index in [1.807, 2.05) is 6.07 Å². The Balaban J connectivity index is 3.04. The van der Waals surface area contributed by atoms with Crippen LogP contribution in [0.2, 0.25) is 0 Å². The monoisotopic (exact) mass is 207 g/mol. The molecule has 0 atom stereocenters. The lowest BCUT2D eigenvalue weighted by Gasteiger charge is -2.08. The van der Waals surface area contributed by atoms with Crippen LogP contribution in [-0.2, 0) is 6.42 Å². The summed E-state index contributed by atoms with van der Waals surface area (Å²) in [6.45, 7) is 0.0629. The fourth-order valence-corrected chi connectivity index (χ4v) is 1.34. The average Bonchev–Trinajstić information content (AvgIpc) is 2.27. The minimum absolute atomic E-state index is 0.0629. The van der Waals surface area contributed by atoms with Gasteiger partial charge in [0.05, 0.1) is 12.7 Å². The largest absolute Gasteiger partial charge is 0.508 e. The summed E-state index contributed by atoms with van der Waals surface area (Å²) < 4.78 is 4.94. The van der Waals surface area contributed by atoms with Gasteiger partial charge in [-0.1, -0.05) is 0 Å². The van der Waals surface area contributed by atoms with E-state index in [9.17, 15) is 5.11 Å². The molecule has 0 unspecified atom stereocenters. The highest BCUT2D eigenvalue weighted by atomic mass is 16.5. The van der Waals surface area contributed by atoms with E-state index in [2.05, 4.69) is 0 Å². The second kappa shape index (κ2) is 5.23. The fourth-order valence-electron chi connectivity index (χ4n) is 1.34. The molecule has 80 valence electrons. The fraction of sp³-hybridized carbons (Fsp3) is 0.364. The molecule has 0 aliphatic heterocycles. The van der Waals surface area contributed by atoms with Crippen LogP contribution in [0.5, 0.6) is 11.5 Å². The summed E-state index contributed by atoms with van der Waals surface area (Å²) in [5.74, 6) is 0.460. The molecule has 0 amide bonds. The highest BCUT2D eigenvalue weighted by Gasteiger charge is 2.09. The van der Waals surface area contributed by atoms with Gasteiger partial charge in [-0.2, -0.15) is 5.26 Å². The maximum atomic E-state index is 9.60. The summed E-state index contributed by atoms with van der Waals surface area (Å²) in [6.07, 6.45) is 1.10. The summed E-state index contributed by atoms with van der Waals surface area (Å²) in [6, 6.07) is 5.00. The number of aliphatic hydroxyl groups is 1. The molecule has 15 heavy (non-hydrogen) atoms. The number of ether oxygens (including phenoxy) is 1. The zero-order chi connectivity index (χ0) is 11.3. The molecule has 0 saturated heterocycles. The number of aryl methyl sites for hydroxylation is 1. The molecule has 0 aromatic heterocycles. The zero-order valence-corrected chi connectivity index (χ0v) is 8.53. The lowest BCUT2D eigenvalue weighted by Crippen LogP contribution is -1.94. The Morgan fingerprint density at radius 3 is 2.73 bits per heavy atom. The van der Waals surface area contributed by atoms with Crippen molar-refractivity contribution in [3.05, 3.63) is 23.3 Å². The normalized spacial score (nSPS) is 9.67. The number of nitrogens with zero attached hydrogens (tertiary/aromatic N) is 1. The number of nitriles is 1. The number of hydrogen-bond donors (Lipinski definition) is 2. The van der Waals surface area contributed by atoms with Gasteiger partial charge in [-0.25, -0.2) is 0 Å². The van der Waals surface area contributed by atoms with Gasteiger partial charge >= 0.3 is 0 Å². The Bertz CT molecular complexity index is 382. The quantitative estimate of drug-likeness (QED) is 0.778. The summed E-state index contributed by atoms with van der Waals surface area (Å²) in [7, 11) is 1.45. The van der Waals surface area contributed by atoms with Crippen molar-refractivity contribution in [3.8, 4) is 17.6 Å². The van der Waals surface area contributed by atoms with Crippen molar-refractivity contribution in [1.82, 2.24) is 0 Å². The van der Waals surface area contributed by atoms with Gasteiger partial charge < -0.3 is 14.9 Å². The molecule has 0 radical (unpaired) electrons. The lowest BCUT2D eigenvalue weighted by molar-refractivity contribution is 0.288. The summed E-state index contributed by atoms with van der Waals surface area (Å²) in [4.78, 5) is 0. The molecule has 4 heteroatoms. The SMILES string of the molecule is COc1cc(O)c(CCCO)cc1C#N. The molecule has 1 aromatic carbocycles. The molecule has 1 rings (SSSR count). The van der Waals surface area contributed by atoms with E-state index < -0.39 is 0 Å². The van der Waals surface area contributed by atoms with Crippen molar-refractivity contribution in [2.45, 2.75) is 12.8 Å². The number of benzene rings is 1. The number of phenolic OH excluding ortho intramolecular Hbond substituents is 1. The van der Waals surface area contributed by atoms with Gasteiger partial charge in [0.25, 0.3) is 0 Å². The van der Waals surface area contributed by atoms with E-state index in [1.165, 1.54) is 13.2 Å². The predicted molar refractivity (Wildman–Crippen MR) is 54.8 cm³/mol. The molecular weight excluding hydrogens is 194 g/mol. The topological polar surface area (TPSA) is 73.5 Å². The van der Waals surface area contributed by atoms with E-state index in [-0.39, 0.29) is 12.4 Å². The Morgan fingerprint density at radius 2 is 2.20 bits per heavy atom. The van der Waals surface area contributed by atoms with E-state index in [0.717, 1.165) is 0 Å². The van der Waals surface area contributed by atoms with Gasteiger partial charge in [-0.3, -0.25) is 0 Å².